The van der Waals surface area contributed by atoms with Crippen LogP contribution < -0.4 is 10.2 Å². The molecule has 1 N–H and O–H groups in total. The summed E-state index contributed by atoms with van der Waals surface area (Å²) in [5, 5.41) is 4.43. The van der Waals surface area contributed by atoms with E-state index in [1.54, 1.807) is 11.3 Å². The van der Waals surface area contributed by atoms with Crippen molar-refractivity contribution >= 4 is 16.5 Å². The first kappa shape index (κ1) is 11.5. The van der Waals surface area contributed by atoms with Crippen molar-refractivity contribution in [1.29, 1.82) is 0 Å². The molecule has 0 bridgehead atoms. The van der Waals surface area contributed by atoms with E-state index in [4.69, 9.17) is 0 Å². The van der Waals surface area contributed by atoms with Gasteiger partial charge >= 0.3 is 0 Å². The molecule has 0 spiro atoms. The maximum Gasteiger partial charge on any atom is 0.185 e. The van der Waals surface area contributed by atoms with Crippen molar-refractivity contribution in [3.63, 3.8) is 0 Å². The van der Waals surface area contributed by atoms with Gasteiger partial charge in [0.15, 0.2) is 5.13 Å². The van der Waals surface area contributed by atoms with Gasteiger partial charge in [-0.05, 0) is 13.0 Å². The zero-order valence-electron chi connectivity index (χ0n) is 9.21. The predicted octanol–water partition coefficient (Wildman–Crippen LogP) is 2.10. The van der Waals surface area contributed by atoms with Crippen molar-refractivity contribution in [3.8, 4) is 0 Å². The van der Waals surface area contributed by atoms with Gasteiger partial charge in [0, 0.05) is 31.2 Å². The van der Waals surface area contributed by atoms with E-state index in [9.17, 15) is 0 Å². The fraction of sp³-hybridized carbons (Fsp3) is 0.700. The molecule has 0 radical (unpaired) electrons. The Kier molecular flexibility index (Phi) is 4.90. The van der Waals surface area contributed by atoms with Crippen LogP contribution in [0.3, 0.4) is 0 Å². The summed E-state index contributed by atoms with van der Waals surface area (Å²) in [6.45, 7) is 7.33. The average Bonchev–Trinajstić information content (AvgIpc) is 2.63. The molecular weight excluding hydrogens is 194 g/mol. The molecule has 0 atom stereocenters. The van der Waals surface area contributed by atoms with E-state index in [0.29, 0.717) is 0 Å². The molecule has 0 saturated heterocycles. The number of rotatable bonds is 6. The van der Waals surface area contributed by atoms with Gasteiger partial charge in [-0.1, -0.05) is 13.8 Å². The second kappa shape index (κ2) is 5.98. The van der Waals surface area contributed by atoms with Crippen molar-refractivity contribution in [2.75, 3.05) is 25.0 Å². The van der Waals surface area contributed by atoms with Crippen LogP contribution >= 0.6 is 11.3 Å². The highest BCUT2D eigenvalue weighted by Crippen LogP contribution is 2.21. The van der Waals surface area contributed by atoms with Gasteiger partial charge in [-0.15, -0.1) is 11.3 Å². The smallest absolute Gasteiger partial charge is 0.185 e. The van der Waals surface area contributed by atoms with Crippen LogP contribution in [0.25, 0.3) is 0 Å². The third-order valence-electron chi connectivity index (χ3n) is 1.98. The predicted molar refractivity (Wildman–Crippen MR) is 63.1 cm³/mol. The van der Waals surface area contributed by atoms with Gasteiger partial charge < -0.3 is 10.2 Å². The third-order valence-corrected chi connectivity index (χ3v) is 3.09. The van der Waals surface area contributed by atoms with Crippen molar-refractivity contribution in [2.45, 2.75) is 26.8 Å². The summed E-state index contributed by atoms with van der Waals surface area (Å²) in [4.78, 5) is 7.91. The molecule has 0 aliphatic heterocycles. The number of hydrogen-bond acceptors (Lipinski definition) is 4. The highest BCUT2D eigenvalue weighted by molar-refractivity contribution is 7.15. The Morgan fingerprint density at radius 3 is 2.93 bits per heavy atom. The molecule has 14 heavy (non-hydrogen) atoms. The molecule has 0 aliphatic carbocycles. The number of anilines is 1. The van der Waals surface area contributed by atoms with Crippen LogP contribution in [0.5, 0.6) is 0 Å². The SMILES string of the molecule is CCCN(C)c1ncc(CNCC)s1. The van der Waals surface area contributed by atoms with Crippen LogP contribution in [0.1, 0.15) is 25.1 Å². The molecule has 0 saturated carbocycles. The minimum Gasteiger partial charge on any atom is -0.351 e. The summed E-state index contributed by atoms with van der Waals surface area (Å²) in [5.74, 6) is 0. The van der Waals surface area contributed by atoms with Crippen LogP contribution in [0.4, 0.5) is 5.13 Å². The van der Waals surface area contributed by atoms with Crippen LogP contribution in [-0.4, -0.2) is 25.1 Å². The van der Waals surface area contributed by atoms with Gasteiger partial charge in [-0.2, -0.15) is 0 Å². The highest BCUT2D eigenvalue weighted by Gasteiger charge is 2.05. The Morgan fingerprint density at radius 2 is 2.29 bits per heavy atom. The lowest BCUT2D eigenvalue weighted by molar-refractivity contribution is 0.734. The van der Waals surface area contributed by atoms with Gasteiger partial charge in [0.25, 0.3) is 0 Å². The number of aromatic nitrogens is 1. The van der Waals surface area contributed by atoms with E-state index in [2.05, 4.69) is 36.1 Å². The van der Waals surface area contributed by atoms with Gasteiger partial charge in [0.05, 0.1) is 0 Å². The normalized spacial score (nSPS) is 10.5. The molecule has 0 aliphatic rings. The number of hydrogen-bond donors (Lipinski definition) is 1. The molecule has 0 unspecified atom stereocenters. The molecule has 0 amide bonds. The molecule has 1 aromatic rings. The lowest BCUT2D eigenvalue weighted by atomic mass is 10.5. The Labute approximate surface area is 90.2 Å². The topological polar surface area (TPSA) is 28.2 Å². The number of nitrogens with one attached hydrogen (secondary N) is 1. The molecule has 1 heterocycles. The number of thiazole rings is 1. The Balaban J connectivity index is 2.49. The zero-order valence-corrected chi connectivity index (χ0v) is 10.0. The summed E-state index contributed by atoms with van der Waals surface area (Å²) in [6.07, 6.45) is 3.13. The summed E-state index contributed by atoms with van der Waals surface area (Å²) in [6, 6.07) is 0. The Bertz CT molecular complexity index is 260. The molecule has 1 rings (SSSR count). The minimum absolute atomic E-state index is 0.939. The summed E-state index contributed by atoms with van der Waals surface area (Å²) < 4.78 is 0. The van der Waals surface area contributed by atoms with E-state index in [1.165, 1.54) is 11.3 Å². The van der Waals surface area contributed by atoms with Crippen LogP contribution in [-0.2, 0) is 6.54 Å². The molecule has 80 valence electrons. The Morgan fingerprint density at radius 1 is 1.50 bits per heavy atom. The second-order valence-corrected chi connectivity index (χ2v) is 4.40. The van der Waals surface area contributed by atoms with Gasteiger partial charge in [-0.3, -0.25) is 0 Å². The molecule has 0 aromatic carbocycles. The van der Waals surface area contributed by atoms with Gasteiger partial charge in [0.1, 0.15) is 0 Å². The van der Waals surface area contributed by atoms with Crippen molar-refractivity contribution in [1.82, 2.24) is 10.3 Å². The standard InChI is InChI=1S/C10H19N3S/c1-4-6-13(3)10-12-8-9(14-10)7-11-5-2/h8,11H,4-7H2,1-3H3. The quantitative estimate of drug-likeness (QED) is 0.784. The van der Waals surface area contributed by atoms with Crippen LogP contribution in [0.2, 0.25) is 0 Å². The third kappa shape index (κ3) is 3.27. The first-order chi connectivity index (χ1) is 6.77. The van der Waals surface area contributed by atoms with Crippen LogP contribution in [0, 0.1) is 0 Å². The largest absolute Gasteiger partial charge is 0.351 e. The van der Waals surface area contributed by atoms with Crippen molar-refractivity contribution < 1.29 is 0 Å². The van der Waals surface area contributed by atoms with Crippen LogP contribution in [0.15, 0.2) is 6.20 Å². The Hall–Kier alpha value is -0.610. The lowest BCUT2D eigenvalue weighted by Crippen LogP contribution is -2.17. The maximum atomic E-state index is 4.39. The molecule has 0 fully saturated rings. The van der Waals surface area contributed by atoms with Crippen molar-refractivity contribution in [2.24, 2.45) is 0 Å². The molecule has 4 heteroatoms. The summed E-state index contributed by atoms with van der Waals surface area (Å²) >= 11 is 1.77. The first-order valence-corrected chi connectivity index (χ1v) is 5.96. The molecule has 3 nitrogen and oxygen atoms in total. The minimum atomic E-state index is 0.939. The first-order valence-electron chi connectivity index (χ1n) is 5.14. The highest BCUT2D eigenvalue weighted by atomic mass is 32.1. The van der Waals surface area contributed by atoms with E-state index >= 15 is 0 Å². The molecular formula is C10H19N3S. The number of nitrogens with zero attached hydrogens (tertiary/aromatic N) is 2. The molecule has 1 aromatic heterocycles. The fourth-order valence-corrected chi connectivity index (χ4v) is 2.10. The second-order valence-electron chi connectivity index (χ2n) is 3.31. The van der Waals surface area contributed by atoms with Gasteiger partial charge in [0.2, 0.25) is 0 Å². The summed E-state index contributed by atoms with van der Waals surface area (Å²) in [5.41, 5.74) is 0. The van der Waals surface area contributed by atoms with Gasteiger partial charge in [-0.25, -0.2) is 4.98 Å². The zero-order chi connectivity index (χ0) is 10.4. The fourth-order valence-electron chi connectivity index (χ4n) is 1.23. The van der Waals surface area contributed by atoms with E-state index < -0.39 is 0 Å². The summed E-state index contributed by atoms with van der Waals surface area (Å²) in [7, 11) is 2.10. The maximum absolute atomic E-state index is 4.39. The van der Waals surface area contributed by atoms with E-state index in [0.717, 1.165) is 24.8 Å². The van der Waals surface area contributed by atoms with Crippen molar-refractivity contribution in [3.05, 3.63) is 11.1 Å². The van der Waals surface area contributed by atoms with E-state index in [1.807, 2.05) is 6.20 Å². The average molecular weight is 213 g/mol. The van der Waals surface area contributed by atoms with E-state index in [-0.39, 0.29) is 0 Å². The lowest BCUT2D eigenvalue weighted by Gasteiger charge is -2.13. The monoisotopic (exact) mass is 213 g/mol.